The van der Waals surface area contributed by atoms with Crippen molar-refractivity contribution in [1.29, 1.82) is 0 Å². The van der Waals surface area contributed by atoms with Crippen molar-refractivity contribution in [3.05, 3.63) is 0 Å². The lowest BCUT2D eigenvalue weighted by atomic mass is 9.99. The Hall–Kier alpha value is -0.120. The van der Waals surface area contributed by atoms with E-state index in [-0.39, 0.29) is 6.10 Å². The fraction of sp³-hybridized carbons (Fsp3) is 1.00. The van der Waals surface area contributed by atoms with E-state index in [1.165, 1.54) is 0 Å². The molecule has 92 valence electrons. The molecule has 0 aliphatic heterocycles. The molecule has 0 aromatic heterocycles. The van der Waals surface area contributed by atoms with Crippen molar-refractivity contribution >= 4 is 0 Å². The second kappa shape index (κ2) is 8.08. The largest absolute Gasteiger partial charge is 0.393 e. The molecule has 0 saturated carbocycles. The highest BCUT2D eigenvalue weighted by molar-refractivity contribution is 4.69. The van der Waals surface area contributed by atoms with Crippen LogP contribution in [-0.2, 0) is 0 Å². The van der Waals surface area contributed by atoms with E-state index >= 15 is 0 Å². The van der Waals surface area contributed by atoms with Gasteiger partial charge in [0.25, 0.3) is 0 Å². The van der Waals surface area contributed by atoms with Crippen LogP contribution < -0.4 is 0 Å². The maximum Gasteiger partial charge on any atom is 0.0552 e. The highest BCUT2D eigenvalue weighted by Crippen LogP contribution is 2.11. The summed E-state index contributed by atoms with van der Waals surface area (Å²) >= 11 is 0. The lowest BCUT2D eigenvalue weighted by molar-refractivity contribution is 0.0925. The molecule has 3 nitrogen and oxygen atoms in total. The predicted molar refractivity (Wildman–Crippen MR) is 66.1 cm³/mol. The van der Waals surface area contributed by atoms with Crippen molar-refractivity contribution in [1.82, 2.24) is 9.80 Å². The van der Waals surface area contributed by atoms with Crippen LogP contribution in [0.2, 0.25) is 0 Å². The van der Waals surface area contributed by atoms with Crippen LogP contribution in [-0.4, -0.2) is 61.3 Å². The standard InChI is InChI=1S/C12H28N2O/c1-6-14(7-2)9-8-12(11(3)15)10-13(4)5/h11-12,15H,6-10H2,1-5H3/t11-,12-/m1/s1. The minimum Gasteiger partial charge on any atom is -0.393 e. The van der Waals surface area contributed by atoms with E-state index in [0.717, 1.165) is 32.6 Å². The van der Waals surface area contributed by atoms with Crippen molar-refractivity contribution < 1.29 is 5.11 Å². The van der Waals surface area contributed by atoms with Crippen molar-refractivity contribution in [2.24, 2.45) is 5.92 Å². The van der Waals surface area contributed by atoms with Crippen LogP contribution >= 0.6 is 0 Å². The molecule has 0 aliphatic rings. The molecule has 3 heteroatoms. The molecule has 0 fully saturated rings. The highest BCUT2D eigenvalue weighted by atomic mass is 16.3. The highest BCUT2D eigenvalue weighted by Gasteiger charge is 2.16. The molecule has 0 aliphatic carbocycles. The maximum absolute atomic E-state index is 9.67. The van der Waals surface area contributed by atoms with E-state index in [0.29, 0.717) is 5.92 Å². The third-order valence-corrected chi connectivity index (χ3v) is 2.99. The van der Waals surface area contributed by atoms with Gasteiger partial charge in [-0.2, -0.15) is 0 Å². The summed E-state index contributed by atoms with van der Waals surface area (Å²) in [4.78, 5) is 4.56. The van der Waals surface area contributed by atoms with Crippen molar-refractivity contribution in [3.8, 4) is 0 Å². The van der Waals surface area contributed by atoms with Crippen LogP contribution in [0.5, 0.6) is 0 Å². The number of rotatable bonds is 8. The first-order valence-corrected chi connectivity index (χ1v) is 6.06. The molecule has 2 atom stereocenters. The quantitative estimate of drug-likeness (QED) is 0.662. The minimum absolute atomic E-state index is 0.206. The van der Waals surface area contributed by atoms with Gasteiger partial charge in [0.1, 0.15) is 0 Å². The zero-order valence-corrected chi connectivity index (χ0v) is 11.0. The van der Waals surface area contributed by atoms with Gasteiger partial charge in [0.2, 0.25) is 0 Å². The van der Waals surface area contributed by atoms with E-state index in [1.54, 1.807) is 0 Å². The molecule has 0 amide bonds. The summed E-state index contributed by atoms with van der Waals surface area (Å²) in [5.41, 5.74) is 0. The SMILES string of the molecule is CCN(CC)CC[C@H](CN(C)C)[C@@H](C)O. The molecule has 0 radical (unpaired) electrons. The van der Waals surface area contributed by atoms with Crippen LogP contribution in [0.3, 0.4) is 0 Å². The Morgan fingerprint density at radius 2 is 1.67 bits per heavy atom. The summed E-state index contributed by atoms with van der Waals surface area (Å²) < 4.78 is 0. The Morgan fingerprint density at radius 3 is 2.00 bits per heavy atom. The Labute approximate surface area is 95.1 Å². The zero-order valence-electron chi connectivity index (χ0n) is 11.0. The third-order valence-electron chi connectivity index (χ3n) is 2.99. The van der Waals surface area contributed by atoms with Crippen molar-refractivity contribution in [2.75, 3.05) is 40.3 Å². The van der Waals surface area contributed by atoms with Crippen molar-refractivity contribution in [3.63, 3.8) is 0 Å². The van der Waals surface area contributed by atoms with Gasteiger partial charge in [0.15, 0.2) is 0 Å². The van der Waals surface area contributed by atoms with Crippen LogP contribution in [0.4, 0.5) is 0 Å². The first-order valence-electron chi connectivity index (χ1n) is 6.06. The van der Waals surface area contributed by atoms with Gasteiger partial charge in [-0.3, -0.25) is 0 Å². The molecule has 0 saturated heterocycles. The molecule has 0 bridgehead atoms. The van der Waals surface area contributed by atoms with E-state index in [4.69, 9.17) is 0 Å². The number of hydrogen-bond acceptors (Lipinski definition) is 3. The lowest BCUT2D eigenvalue weighted by Gasteiger charge is -2.26. The van der Waals surface area contributed by atoms with E-state index in [9.17, 15) is 5.11 Å². The predicted octanol–water partition coefficient (Wildman–Crippen LogP) is 1.28. The lowest BCUT2D eigenvalue weighted by Crippen LogP contribution is -2.33. The molecule has 1 N–H and O–H groups in total. The van der Waals surface area contributed by atoms with Gasteiger partial charge in [-0.15, -0.1) is 0 Å². The monoisotopic (exact) mass is 216 g/mol. The van der Waals surface area contributed by atoms with Crippen LogP contribution in [0.1, 0.15) is 27.2 Å². The van der Waals surface area contributed by atoms with Gasteiger partial charge in [0.05, 0.1) is 6.10 Å². The average Bonchev–Trinajstić information content (AvgIpc) is 2.16. The van der Waals surface area contributed by atoms with E-state index < -0.39 is 0 Å². The van der Waals surface area contributed by atoms with Gasteiger partial charge in [-0.1, -0.05) is 13.8 Å². The average molecular weight is 216 g/mol. The molecule has 0 spiro atoms. The fourth-order valence-corrected chi connectivity index (χ4v) is 1.84. The summed E-state index contributed by atoms with van der Waals surface area (Å²) in [6.45, 7) is 10.5. The van der Waals surface area contributed by atoms with E-state index in [1.807, 2.05) is 6.92 Å². The molecule has 0 unspecified atom stereocenters. The maximum atomic E-state index is 9.67. The Morgan fingerprint density at radius 1 is 1.13 bits per heavy atom. The molecular weight excluding hydrogens is 188 g/mol. The topological polar surface area (TPSA) is 26.7 Å². The molecule has 0 aromatic rings. The number of hydrogen-bond donors (Lipinski definition) is 1. The third kappa shape index (κ3) is 6.88. The van der Waals surface area contributed by atoms with Crippen molar-refractivity contribution in [2.45, 2.75) is 33.3 Å². The smallest absolute Gasteiger partial charge is 0.0552 e. The van der Waals surface area contributed by atoms with Gasteiger partial charge in [0, 0.05) is 6.54 Å². The molecule has 0 aromatic carbocycles. The second-order valence-electron chi connectivity index (χ2n) is 4.58. The van der Waals surface area contributed by atoms with Crippen LogP contribution in [0, 0.1) is 5.92 Å². The van der Waals surface area contributed by atoms with Gasteiger partial charge >= 0.3 is 0 Å². The molecule has 15 heavy (non-hydrogen) atoms. The Balaban J connectivity index is 3.94. The second-order valence-corrected chi connectivity index (χ2v) is 4.58. The van der Waals surface area contributed by atoms with Crippen LogP contribution in [0.15, 0.2) is 0 Å². The number of aliphatic hydroxyl groups is 1. The summed E-state index contributed by atoms with van der Waals surface area (Å²) in [5, 5.41) is 9.67. The number of aliphatic hydroxyl groups excluding tert-OH is 1. The Kier molecular flexibility index (Phi) is 8.02. The zero-order chi connectivity index (χ0) is 11.8. The first-order chi connectivity index (χ1) is 7.01. The summed E-state index contributed by atoms with van der Waals surface area (Å²) in [6, 6.07) is 0. The normalized spacial score (nSPS) is 16.0. The van der Waals surface area contributed by atoms with Gasteiger partial charge < -0.3 is 14.9 Å². The molecule has 0 heterocycles. The van der Waals surface area contributed by atoms with Gasteiger partial charge in [-0.25, -0.2) is 0 Å². The minimum atomic E-state index is -0.206. The van der Waals surface area contributed by atoms with Gasteiger partial charge in [-0.05, 0) is 53.0 Å². The summed E-state index contributed by atoms with van der Waals surface area (Å²) in [5.74, 6) is 0.389. The first kappa shape index (κ1) is 14.9. The molecule has 0 rings (SSSR count). The van der Waals surface area contributed by atoms with Crippen LogP contribution in [0.25, 0.3) is 0 Å². The summed E-state index contributed by atoms with van der Waals surface area (Å²) in [6.07, 6.45) is 0.875. The van der Waals surface area contributed by atoms with E-state index in [2.05, 4.69) is 37.7 Å². The fourth-order valence-electron chi connectivity index (χ4n) is 1.84. The summed E-state index contributed by atoms with van der Waals surface area (Å²) in [7, 11) is 4.12. The molecular formula is C12H28N2O. The Bertz CT molecular complexity index is 145. The number of nitrogens with zero attached hydrogens (tertiary/aromatic N) is 2.